The van der Waals surface area contributed by atoms with Gasteiger partial charge in [-0.15, -0.1) is 0 Å². The first-order valence-electron chi connectivity index (χ1n) is 9.75. The second kappa shape index (κ2) is 9.20. The largest absolute Gasteiger partial charge is 0.337 e. The van der Waals surface area contributed by atoms with Crippen LogP contribution in [-0.4, -0.2) is 23.8 Å². The Balaban J connectivity index is 1.75. The van der Waals surface area contributed by atoms with Gasteiger partial charge >= 0.3 is 0 Å². The van der Waals surface area contributed by atoms with E-state index < -0.39 is 0 Å². The van der Waals surface area contributed by atoms with Gasteiger partial charge in [0.05, 0.1) is 11.3 Å². The minimum atomic E-state index is -0.230. The van der Waals surface area contributed by atoms with E-state index in [1.807, 2.05) is 60.7 Å². The van der Waals surface area contributed by atoms with Crippen molar-refractivity contribution in [3.63, 3.8) is 0 Å². The quantitative estimate of drug-likeness (QED) is 0.622. The molecule has 0 fully saturated rings. The highest BCUT2D eigenvalue weighted by molar-refractivity contribution is 6.08. The Hall–Kier alpha value is -3.40. The highest BCUT2D eigenvalue weighted by atomic mass is 16.2. The predicted molar refractivity (Wildman–Crippen MR) is 117 cm³/mol. The lowest BCUT2D eigenvalue weighted by Crippen LogP contribution is -2.27. The third kappa shape index (κ3) is 5.11. The number of para-hydroxylation sites is 1. The van der Waals surface area contributed by atoms with Crippen LogP contribution in [0.15, 0.2) is 78.9 Å². The number of benzene rings is 3. The summed E-state index contributed by atoms with van der Waals surface area (Å²) in [7, 11) is 1.76. The van der Waals surface area contributed by atoms with Crippen LogP contribution in [0.2, 0.25) is 0 Å². The molecule has 0 aliphatic carbocycles. The number of amides is 2. The number of carbonyl (C=O) groups is 2. The number of hydrogen-bond donors (Lipinski definition) is 1. The van der Waals surface area contributed by atoms with E-state index in [0.29, 0.717) is 29.3 Å². The second-order valence-corrected chi connectivity index (χ2v) is 7.42. The normalized spacial score (nSPS) is 10.6. The van der Waals surface area contributed by atoms with Crippen molar-refractivity contribution in [3.05, 3.63) is 101 Å². The van der Waals surface area contributed by atoms with Gasteiger partial charge in [-0.2, -0.15) is 0 Å². The molecular formula is C25H26N2O2. The maximum Gasteiger partial charge on any atom is 0.256 e. The lowest BCUT2D eigenvalue weighted by Gasteiger charge is -2.19. The zero-order valence-electron chi connectivity index (χ0n) is 17.1. The highest BCUT2D eigenvalue weighted by Crippen LogP contribution is 2.20. The summed E-state index contributed by atoms with van der Waals surface area (Å²) in [6.45, 7) is 4.73. The summed E-state index contributed by atoms with van der Waals surface area (Å²) in [4.78, 5) is 27.3. The molecule has 0 unspecified atom stereocenters. The topological polar surface area (TPSA) is 49.4 Å². The summed E-state index contributed by atoms with van der Waals surface area (Å²) in [5.41, 5.74) is 3.78. The molecule has 2 amide bonds. The first-order chi connectivity index (χ1) is 14.0. The molecule has 0 radical (unpaired) electrons. The third-order valence-corrected chi connectivity index (χ3v) is 4.85. The van der Waals surface area contributed by atoms with Crippen LogP contribution in [0, 0.1) is 0 Å². The van der Waals surface area contributed by atoms with Gasteiger partial charge in [-0.1, -0.05) is 68.4 Å². The van der Waals surface area contributed by atoms with Crippen LogP contribution in [0.4, 0.5) is 5.69 Å². The van der Waals surface area contributed by atoms with Gasteiger partial charge in [0.1, 0.15) is 0 Å². The molecule has 4 heteroatoms. The van der Waals surface area contributed by atoms with Crippen molar-refractivity contribution < 1.29 is 9.59 Å². The molecule has 0 spiro atoms. The number of carbonyl (C=O) groups excluding carboxylic acids is 2. The number of nitrogens with one attached hydrogen (secondary N) is 1. The van der Waals surface area contributed by atoms with Crippen LogP contribution >= 0.6 is 0 Å². The molecule has 0 bridgehead atoms. The Bertz CT molecular complexity index is 979. The average molecular weight is 386 g/mol. The Labute approximate surface area is 172 Å². The van der Waals surface area contributed by atoms with Crippen LogP contribution in [0.1, 0.15) is 51.6 Å². The Kier molecular flexibility index (Phi) is 6.45. The van der Waals surface area contributed by atoms with Crippen molar-refractivity contribution in [1.82, 2.24) is 4.90 Å². The van der Waals surface area contributed by atoms with E-state index in [2.05, 4.69) is 19.2 Å². The van der Waals surface area contributed by atoms with Gasteiger partial charge in [0.2, 0.25) is 0 Å². The Morgan fingerprint density at radius 2 is 1.48 bits per heavy atom. The van der Waals surface area contributed by atoms with Crippen molar-refractivity contribution in [1.29, 1.82) is 0 Å². The third-order valence-electron chi connectivity index (χ3n) is 4.85. The molecule has 3 aromatic rings. The second-order valence-electron chi connectivity index (χ2n) is 7.42. The van der Waals surface area contributed by atoms with Crippen molar-refractivity contribution >= 4 is 17.5 Å². The fourth-order valence-corrected chi connectivity index (χ4v) is 3.13. The molecule has 0 atom stereocenters. The van der Waals surface area contributed by atoms with Gasteiger partial charge in [0.15, 0.2) is 0 Å². The summed E-state index contributed by atoms with van der Waals surface area (Å²) >= 11 is 0. The molecule has 0 aliphatic rings. The SMILES string of the molecule is CC(C)c1ccc(C(=O)Nc2ccccc2C(=O)N(C)Cc2ccccc2)cc1. The fourth-order valence-electron chi connectivity index (χ4n) is 3.13. The molecule has 148 valence electrons. The van der Waals surface area contributed by atoms with E-state index in [4.69, 9.17) is 0 Å². The zero-order valence-corrected chi connectivity index (χ0v) is 17.1. The minimum absolute atomic E-state index is 0.139. The molecule has 0 heterocycles. The minimum Gasteiger partial charge on any atom is -0.337 e. The monoisotopic (exact) mass is 386 g/mol. The lowest BCUT2D eigenvalue weighted by molar-refractivity contribution is 0.0786. The number of rotatable bonds is 6. The smallest absolute Gasteiger partial charge is 0.256 e. The summed E-state index contributed by atoms with van der Waals surface area (Å²) in [5.74, 6) is 0.0387. The van der Waals surface area contributed by atoms with Crippen LogP contribution in [0.5, 0.6) is 0 Å². The van der Waals surface area contributed by atoms with Gasteiger partial charge in [-0.05, 0) is 41.3 Å². The number of hydrogen-bond acceptors (Lipinski definition) is 2. The lowest BCUT2D eigenvalue weighted by atomic mass is 10.0. The van der Waals surface area contributed by atoms with E-state index >= 15 is 0 Å². The van der Waals surface area contributed by atoms with Crippen LogP contribution in [0.25, 0.3) is 0 Å². The summed E-state index contributed by atoms with van der Waals surface area (Å²) < 4.78 is 0. The Morgan fingerprint density at radius 1 is 0.862 bits per heavy atom. The van der Waals surface area contributed by atoms with Gasteiger partial charge in [-0.3, -0.25) is 9.59 Å². The molecule has 3 aromatic carbocycles. The zero-order chi connectivity index (χ0) is 20.8. The first-order valence-corrected chi connectivity index (χ1v) is 9.75. The van der Waals surface area contributed by atoms with Crippen LogP contribution < -0.4 is 5.32 Å². The standard InChI is InChI=1S/C25H26N2O2/c1-18(2)20-13-15-21(16-14-20)24(28)26-23-12-8-7-11-22(23)25(29)27(3)17-19-9-5-4-6-10-19/h4-16,18H,17H2,1-3H3,(H,26,28). The maximum atomic E-state index is 13.0. The van der Waals surface area contributed by atoms with Crippen LogP contribution in [-0.2, 0) is 6.54 Å². The van der Waals surface area contributed by atoms with Gasteiger partial charge in [0, 0.05) is 19.2 Å². The van der Waals surface area contributed by atoms with E-state index in [1.54, 1.807) is 30.1 Å². The van der Waals surface area contributed by atoms with Crippen molar-refractivity contribution in [2.75, 3.05) is 12.4 Å². The number of nitrogens with zero attached hydrogens (tertiary/aromatic N) is 1. The molecular weight excluding hydrogens is 360 g/mol. The molecule has 0 aromatic heterocycles. The molecule has 0 saturated carbocycles. The number of anilines is 1. The van der Waals surface area contributed by atoms with Gasteiger partial charge in [-0.25, -0.2) is 0 Å². The fraction of sp³-hybridized carbons (Fsp3) is 0.200. The maximum absolute atomic E-state index is 13.0. The van der Waals surface area contributed by atoms with Crippen LogP contribution in [0.3, 0.4) is 0 Å². The van der Waals surface area contributed by atoms with E-state index in [9.17, 15) is 9.59 Å². The molecule has 1 N–H and O–H groups in total. The van der Waals surface area contributed by atoms with E-state index in [1.165, 1.54) is 5.56 Å². The Morgan fingerprint density at radius 3 is 2.14 bits per heavy atom. The van der Waals surface area contributed by atoms with Gasteiger partial charge in [0.25, 0.3) is 11.8 Å². The van der Waals surface area contributed by atoms with Crippen molar-refractivity contribution in [2.45, 2.75) is 26.3 Å². The van der Waals surface area contributed by atoms with E-state index in [0.717, 1.165) is 5.56 Å². The van der Waals surface area contributed by atoms with Crippen molar-refractivity contribution in [3.8, 4) is 0 Å². The summed E-state index contributed by atoms with van der Waals surface area (Å²) in [6, 6.07) is 24.5. The molecule has 0 aliphatic heterocycles. The molecule has 0 saturated heterocycles. The van der Waals surface area contributed by atoms with Gasteiger partial charge < -0.3 is 10.2 Å². The van der Waals surface area contributed by atoms with Crippen molar-refractivity contribution in [2.24, 2.45) is 0 Å². The predicted octanol–water partition coefficient (Wildman–Crippen LogP) is 5.33. The average Bonchev–Trinajstić information content (AvgIpc) is 2.74. The summed E-state index contributed by atoms with van der Waals surface area (Å²) in [6.07, 6.45) is 0. The first kappa shape index (κ1) is 20.3. The highest BCUT2D eigenvalue weighted by Gasteiger charge is 2.17. The molecule has 3 rings (SSSR count). The van der Waals surface area contributed by atoms with E-state index in [-0.39, 0.29) is 11.8 Å². The molecule has 4 nitrogen and oxygen atoms in total. The molecule has 29 heavy (non-hydrogen) atoms. The summed E-state index contributed by atoms with van der Waals surface area (Å²) in [5, 5.41) is 2.89.